The van der Waals surface area contributed by atoms with Gasteiger partial charge in [0.15, 0.2) is 11.5 Å². The minimum absolute atomic E-state index is 0.0674. The highest BCUT2D eigenvalue weighted by Gasteiger charge is 2.24. The summed E-state index contributed by atoms with van der Waals surface area (Å²) in [6, 6.07) is 4.48. The van der Waals surface area contributed by atoms with E-state index in [1.54, 1.807) is 4.90 Å². The lowest BCUT2D eigenvalue weighted by Crippen LogP contribution is -2.46. The number of amides is 1. The lowest BCUT2D eigenvalue weighted by molar-refractivity contribution is -0.132. The monoisotopic (exact) mass is 386 g/mol. The van der Waals surface area contributed by atoms with Gasteiger partial charge >= 0.3 is 0 Å². The molecule has 1 fully saturated rings. The Morgan fingerprint density at radius 1 is 1.23 bits per heavy atom. The van der Waals surface area contributed by atoms with Gasteiger partial charge in [0.2, 0.25) is 15.9 Å². The summed E-state index contributed by atoms with van der Waals surface area (Å²) in [5, 5.41) is 0. The average Bonchev–Trinajstić information content (AvgIpc) is 2.65. The van der Waals surface area contributed by atoms with Gasteiger partial charge in [0.1, 0.15) is 0 Å². The van der Waals surface area contributed by atoms with E-state index in [0.29, 0.717) is 31.3 Å². The SMILES string of the molecule is COc1ccc(S(=O)(=O)NCCN(C(C)=O)C2CCOCC2)cc1OC. The van der Waals surface area contributed by atoms with Gasteiger partial charge in [-0.05, 0) is 25.0 Å². The Morgan fingerprint density at radius 2 is 1.88 bits per heavy atom. The van der Waals surface area contributed by atoms with Gasteiger partial charge in [-0.15, -0.1) is 0 Å². The average molecular weight is 386 g/mol. The van der Waals surface area contributed by atoms with Crippen molar-refractivity contribution in [2.75, 3.05) is 40.5 Å². The summed E-state index contributed by atoms with van der Waals surface area (Å²) in [5.41, 5.74) is 0. The van der Waals surface area contributed by atoms with Gasteiger partial charge in [0, 0.05) is 45.3 Å². The van der Waals surface area contributed by atoms with Crippen LogP contribution in [0.25, 0.3) is 0 Å². The van der Waals surface area contributed by atoms with Crippen molar-refractivity contribution in [3.63, 3.8) is 0 Å². The van der Waals surface area contributed by atoms with Crippen LogP contribution in [0.5, 0.6) is 11.5 Å². The summed E-state index contributed by atoms with van der Waals surface area (Å²) in [6.07, 6.45) is 1.53. The number of nitrogens with zero attached hydrogens (tertiary/aromatic N) is 1. The van der Waals surface area contributed by atoms with Crippen molar-refractivity contribution in [3.8, 4) is 11.5 Å². The molecule has 0 unspecified atom stereocenters. The first-order valence-electron chi connectivity index (χ1n) is 8.45. The number of methoxy groups -OCH3 is 2. The number of hydrogen-bond acceptors (Lipinski definition) is 6. The molecule has 9 heteroatoms. The van der Waals surface area contributed by atoms with Crippen LogP contribution in [0.2, 0.25) is 0 Å². The van der Waals surface area contributed by atoms with Crippen LogP contribution in [0, 0.1) is 0 Å². The van der Waals surface area contributed by atoms with E-state index in [2.05, 4.69) is 4.72 Å². The molecular weight excluding hydrogens is 360 g/mol. The molecule has 0 atom stereocenters. The first-order chi connectivity index (χ1) is 12.4. The fraction of sp³-hybridized carbons (Fsp3) is 0.588. The van der Waals surface area contributed by atoms with E-state index in [0.717, 1.165) is 12.8 Å². The number of carbonyl (C=O) groups is 1. The van der Waals surface area contributed by atoms with Gasteiger partial charge in [0.25, 0.3) is 0 Å². The summed E-state index contributed by atoms with van der Waals surface area (Å²) in [5.74, 6) is 0.721. The van der Waals surface area contributed by atoms with Gasteiger partial charge in [-0.25, -0.2) is 13.1 Å². The minimum Gasteiger partial charge on any atom is -0.493 e. The van der Waals surface area contributed by atoms with E-state index in [-0.39, 0.29) is 23.4 Å². The van der Waals surface area contributed by atoms with Gasteiger partial charge in [-0.1, -0.05) is 0 Å². The third-order valence-electron chi connectivity index (χ3n) is 4.35. The van der Waals surface area contributed by atoms with E-state index in [4.69, 9.17) is 14.2 Å². The standard InChI is InChI=1S/C17H26N2O6S/c1-13(20)19(14-6-10-25-11-7-14)9-8-18-26(21,22)15-4-5-16(23-2)17(12-15)24-3/h4-5,12,14,18H,6-11H2,1-3H3. The molecule has 1 aliphatic rings. The highest BCUT2D eigenvalue weighted by atomic mass is 32.2. The molecule has 1 heterocycles. The summed E-state index contributed by atoms with van der Waals surface area (Å²) >= 11 is 0. The van der Waals surface area contributed by atoms with E-state index >= 15 is 0 Å². The molecule has 1 saturated heterocycles. The number of carbonyl (C=O) groups excluding carboxylic acids is 1. The molecule has 1 aliphatic heterocycles. The van der Waals surface area contributed by atoms with Crippen LogP contribution < -0.4 is 14.2 Å². The predicted molar refractivity (Wildman–Crippen MR) is 96.0 cm³/mol. The number of benzene rings is 1. The van der Waals surface area contributed by atoms with Gasteiger partial charge in [-0.3, -0.25) is 4.79 Å². The Labute approximate surface area is 154 Å². The Morgan fingerprint density at radius 3 is 2.46 bits per heavy atom. The Bertz CT molecular complexity index is 716. The molecular formula is C17H26N2O6S. The molecule has 1 amide bonds. The zero-order valence-electron chi connectivity index (χ0n) is 15.4. The second-order valence-electron chi connectivity index (χ2n) is 5.97. The molecule has 26 heavy (non-hydrogen) atoms. The molecule has 2 rings (SSSR count). The van der Waals surface area contributed by atoms with Gasteiger partial charge in [-0.2, -0.15) is 0 Å². The van der Waals surface area contributed by atoms with Crippen molar-refractivity contribution in [3.05, 3.63) is 18.2 Å². The Hall–Kier alpha value is -1.84. The molecule has 0 spiro atoms. The molecule has 1 aromatic rings. The molecule has 0 aromatic heterocycles. The fourth-order valence-corrected chi connectivity index (χ4v) is 4.00. The number of sulfonamides is 1. The number of rotatable bonds is 8. The third kappa shape index (κ3) is 5.09. The van der Waals surface area contributed by atoms with Crippen molar-refractivity contribution < 1.29 is 27.4 Å². The highest BCUT2D eigenvalue weighted by Crippen LogP contribution is 2.29. The molecule has 8 nitrogen and oxygen atoms in total. The molecule has 1 aromatic carbocycles. The quantitative estimate of drug-likeness (QED) is 0.717. The molecule has 0 saturated carbocycles. The maximum absolute atomic E-state index is 12.5. The van der Waals surface area contributed by atoms with Gasteiger partial charge < -0.3 is 19.1 Å². The van der Waals surface area contributed by atoms with E-state index in [1.165, 1.54) is 39.3 Å². The van der Waals surface area contributed by atoms with Crippen molar-refractivity contribution in [1.82, 2.24) is 9.62 Å². The maximum atomic E-state index is 12.5. The predicted octanol–water partition coefficient (Wildman–Crippen LogP) is 1.01. The maximum Gasteiger partial charge on any atom is 0.240 e. The summed E-state index contributed by atoms with van der Waals surface area (Å²) in [7, 11) is -0.790. The second-order valence-corrected chi connectivity index (χ2v) is 7.74. The molecule has 0 aliphatic carbocycles. The van der Waals surface area contributed by atoms with Gasteiger partial charge in [0.05, 0.1) is 19.1 Å². The minimum atomic E-state index is -3.72. The Kier molecular flexibility index (Phi) is 7.24. The molecule has 146 valence electrons. The topological polar surface area (TPSA) is 94.2 Å². The van der Waals surface area contributed by atoms with Crippen LogP contribution in [-0.4, -0.2) is 65.8 Å². The van der Waals surface area contributed by atoms with Crippen molar-refractivity contribution in [1.29, 1.82) is 0 Å². The van der Waals surface area contributed by atoms with E-state index in [9.17, 15) is 13.2 Å². The number of ether oxygens (including phenoxy) is 3. The molecule has 1 N–H and O–H groups in total. The van der Waals surface area contributed by atoms with Crippen LogP contribution in [0.3, 0.4) is 0 Å². The first-order valence-corrected chi connectivity index (χ1v) is 9.94. The van der Waals surface area contributed by atoms with Crippen LogP contribution in [0.1, 0.15) is 19.8 Å². The normalized spacial score (nSPS) is 15.5. The van der Waals surface area contributed by atoms with Crippen molar-refractivity contribution in [2.24, 2.45) is 0 Å². The number of nitrogens with one attached hydrogen (secondary N) is 1. The fourth-order valence-electron chi connectivity index (χ4n) is 2.96. The largest absolute Gasteiger partial charge is 0.493 e. The Balaban J connectivity index is 2.01. The van der Waals surface area contributed by atoms with Crippen molar-refractivity contribution >= 4 is 15.9 Å². The zero-order chi connectivity index (χ0) is 19.2. The van der Waals surface area contributed by atoms with Crippen LogP contribution >= 0.6 is 0 Å². The second kappa shape index (κ2) is 9.20. The number of hydrogen-bond donors (Lipinski definition) is 1. The van der Waals surface area contributed by atoms with Crippen molar-refractivity contribution in [2.45, 2.75) is 30.7 Å². The molecule has 0 radical (unpaired) electrons. The summed E-state index contributed by atoms with van der Waals surface area (Å²) < 4.78 is 43.1. The first kappa shape index (κ1) is 20.5. The van der Waals surface area contributed by atoms with Crippen LogP contribution in [-0.2, 0) is 19.6 Å². The summed E-state index contributed by atoms with van der Waals surface area (Å²) in [6.45, 7) is 3.18. The van der Waals surface area contributed by atoms with Crippen LogP contribution in [0.4, 0.5) is 0 Å². The van der Waals surface area contributed by atoms with Crippen LogP contribution in [0.15, 0.2) is 23.1 Å². The van der Waals surface area contributed by atoms with E-state index in [1.807, 2.05) is 0 Å². The summed E-state index contributed by atoms with van der Waals surface area (Å²) in [4.78, 5) is 13.7. The molecule has 0 bridgehead atoms. The van der Waals surface area contributed by atoms with E-state index < -0.39 is 10.0 Å². The zero-order valence-corrected chi connectivity index (χ0v) is 16.2. The third-order valence-corrected chi connectivity index (χ3v) is 5.80. The smallest absolute Gasteiger partial charge is 0.240 e. The highest BCUT2D eigenvalue weighted by molar-refractivity contribution is 7.89. The lowest BCUT2D eigenvalue weighted by atomic mass is 10.1. The lowest BCUT2D eigenvalue weighted by Gasteiger charge is -2.33.